The molecule has 2 aliphatic carbocycles. The summed E-state index contributed by atoms with van der Waals surface area (Å²) in [6.07, 6.45) is 31.8. The van der Waals surface area contributed by atoms with E-state index in [1.165, 1.54) is 12.5 Å². The van der Waals surface area contributed by atoms with Crippen molar-refractivity contribution in [3.05, 3.63) is 121 Å². The first-order valence-corrected chi connectivity index (χ1v) is 19.2. The van der Waals surface area contributed by atoms with E-state index >= 15 is 0 Å². The topological polar surface area (TPSA) is 145 Å². The highest BCUT2D eigenvalue weighted by Gasteiger charge is 2.43. The van der Waals surface area contributed by atoms with Crippen LogP contribution in [0.3, 0.4) is 0 Å². The fourth-order valence-electron chi connectivity index (χ4n) is 6.77. The van der Waals surface area contributed by atoms with Crippen molar-refractivity contribution in [1.29, 1.82) is 0 Å². The molecule has 0 saturated heterocycles. The molecular weight excluding hydrogens is 697 g/mol. The van der Waals surface area contributed by atoms with Gasteiger partial charge in [0.25, 0.3) is 0 Å². The van der Waals surface area contributed by atoms with Crippen LogP contribution in [0.4, 0.5) is 0 Å². The summed E-state index contributed by atoms with van der Waals surface area (Å²) in [5, 5.41) is 21.9. The standard InChI is InChI=1S/C45H56N2O8/c1-8-16-36(48)44(4,5)38-22-14-19-31-26-30(31)18-10-12-24-40-46-35(27-52-40)43(51)55-39(45(6,7)37(49)17-9-2)23-15-21-33-29(3)32(33)20-11-13-25-41-47-34(28-53-41)42(50)54-38/h8-21,24-25,27-33,36-39,48-49H,22-23,26H2,1-7H3/b16-8+,17-9+,18-10+,19-14-,20-11+,21-15-,24-12-,25-13-/t29-,30+,31-,32+,33-,36-,37-,38-,39-/m0/s1. The lowest BCUT2D eigenvalue weighted by atomic mass is 9.79. The van der Waals surface area contributed by atoms with Gasteiger partial charge >= 0.3 is 11.9 Å². The highest BCUT2D eigenvalue weighted by Crippen LogP contribution is 2.48. The van der Waals surface area contributed by atoms with Crippen molar-refractivity contribution in [2.24, 2.45) is 40.4 Å². The maximum atomic E-state index is 13.3. The van der Waals surface area contributed by atoms with E-state index in [9.17, 15) is 19.8 Å². The van der Waals surface area contributed by atoms with Gasteiger partial charge in [0.1, 0.15) is 24.7 Å². The van der Waals surface area contributed by atoms with E-state index in [1.807, 2.05) is 78.0 Å². The lowest BCUT2D eigenvalue weighted by Gasteiger charge is -2.36. The molecule has 0 radical (unpaired) electrons. The second-order valence-corrected chi connectivity index (χ2v) is 15.9. The fraction of sp³-hybridized carbons (Fsp3) is 0.467. The molecule has 9 atom stereocenters. The van der Waals surface area contributed by atoms with Crippen LogP contribution in [0.15, 0.2) is 106 Å². The number of carbonyl (C=O) groups excluding carboxylic acids is 2. The van der Waals surface area contributed by atoms with Gasteiger partial charge in [-0.3, -0.25) is 0 Å². The summed E-state index contributed by atoms with van der Waals surface area (Å²) in [4.78, 5) is 35.3. The minimum absolute atomic E-state index is 0.0569. The van der Waals surface area contributed by atoms with Crippen LogP contribution >= 0.6 is 0 Å². The van der Waals surface area contributed by atoms with Crippen molar-refractivity contribution in [3.63, 3.8) is 0 Å². The van der Waals surface area contributed by atoms with Gasteiger partial charge in [-0.15, -0.1) is 0 Å². The van der Waals surface area contributed by atoms with E-state index < -0.39 is 47.2 Å². The molecule has 10 heteroatoms. The predicted octanol–water partition coefficient (Wildman–Crippen LogP) is 8.90. The van der Waals surface area contributed by atoms with Gasteiger partial charge in [0.05, 0.1) is 12.2 Å². The molecule has 10 nitrogen and oxygen atoms in total. The molecular formula is C45H56N2O8. The Hall–Kier alpha value is -4.80. The third-order valence-electron chi connectivity index (χ3n) is 11.1. The van der Waals surface area contributed by atoms with Crippen LogP contribution in [0, 0.1) is 40.4 Å². The van der Waals surface area contributed by atoms with Gasteiger partial charge < -0.3 is 28.5 Å². The summed E-state index contributed by atoms with van der Waals surface area (Å²) in [6.45, 7) is 13.4. The van der Waals surface area contributed by atoms with Crippen LogP contribution in [-0.2, 0) is 9.47 Å². The second-order valence-electron chi connectivity index (χ2n) is 15.9. The molecule has 3 heterocycles. The Morgan fingerprint density at radius 1 is 0.691 bits per heavy atom. The zero-order chi connectivity index (χ0) is 39.8. The van der Waals surface area contributed by atoms with Crippen molar-refractivity contribution in [3.8, 4) is 0 Å². The van der Waals surface area contributed by atoms with Gasteiger partial charge in [-0.1, -0.05) is 120 Å². The van der Waals surface area contributed by atoms with Crippen LogP contribution in [0.1, 0.15) is 100 Å². The summed E-state index contributed by atoms with van der Waals surface area (Å²) in [6, 6.07) is 0. The van der Waals surface area contributed by atoms with Crippen LogP contribution in [0.5, 0.6) is 0 Å². The Balaban J connectivity index is 1.37. The normalized spacial score (nSPS) is 31.5. The summed E-state index contributed by atoms with van der Waals surface area (Å²) < 4.78 is 23.1. The lowest BCUT2D eigenvalue weighted by molar-refractivity contribution is -0.0461. The smallest absolute Gasteiger partial charge is 0.360 e. The van der Waals surface area contributed by atoms with Gasteiger partial charge in [0, 0.05) is 35.8 Å². The maximum absolute atomic E-state index is 13.3. The molecule has 0 unspecified atom stereocenters. The molecule has 2 aromatic rings. The van der Waals surface area contributed by atoms with Crippen LogP contribution in [0.2, 0.25) is 0 Å². The third kappa shape index (κ3) is 10.7. The van der Waals surface area contributed by atoms with Gasteiger partial charge in [-0.25, -0.2) is 19.6 Å². The molecule has 2 fully saturated rings. The quantitative estimate of drug-likeness (QED) is 0.217. The molecule has 294 valence electrons. The Morgan fingerprint density at radius 2 is 1.15 bits per heavy atom. The Morgan fingerprint density at radius 3 is 1.65 bits per heavy atom. The number of rotatable bonds is 6. The molecule has 2 N–H and O–H groups in total. The first-order valence-electron chi connectivity index (χ1n) is 19.2. The Kier molecular flexibility index (Phi) is 13.7. The van der Waals surface area contributed by atoms with Crippen molar-refractivity contribution < 1.29 is 38.1 Å². The number of aliphatic hydroxyl groups is 2. The molecule has 3 aliphatic rings. The van der Waals surface area contributed by atoms with E-state index in [-0.39, 0.29) is 23.2 Å². The fourth-order valence-corrected chi connectivity index (χ4v) is 6.77. The Bertz CT molecular complexity index is 1870. The zero-order valence-corrected chi connectivity index (χ0v) is 32.9. The maximum Gasteiger partial charge on any atom is 0.360 e. The Labute approximate surface area is 324 Å². The van der Waals surface area contributed by atoms with E-state index in [0.717, 1.165) is 6.42 Å². The average Bonchev–Trinajstić information content (AvgIpc) is 3.82. The van der Waals surface area contributed by atoms with Crippen molar-refractivity contribution in [1.82, 2.24) is 9.97 Å². The van der Waals surface area contributed by atoms with Gasteiger partial charge in [-0.2, -0.15) is 0 Å². The molecule has 0 amide bonds. The van der Waals surface area contributed by atoms with Gasteiger partial charge in [-0.05, 0) is 49.9 Å². The number of aromatic nitrogens is 2. The van der Waals surface area contributed by atoms with Crippen LogP contribution in [-0.4, -0.2) is 56.5 Å². The molecule has 55 heavy (non-hydrogen) atoms. The van der Waals surface area contributed by atoms with E-state index in [2.05, 4.69) is 41.2 Å². The number of hydrogen-bond donors (Lipinski definition) is 2. The third-order valence-corrected chi connectivity index (χ3v) is 11.1. The first kappa shape index (κ1) is 41.4. The number of hydrogen-bond acceptors (Lipinski definition) is 10. The first-order chi connectivity index (χ1) is 26.3. The van der Waals surface area contributed by atoms with Gasteiger partial charge in [0.15, 0.2) is 11.4 Å². The van der Waals surface area contributed by atoms with Crippen molar-refractivity contribution in [2.45, 2.75) is 92.1 Å². The molecule has 1 aliphatic heterocycles. The molecule has 2 aromatic heterocycles. The number of carbonyl (C=O) groups is 2. The van der Waals surface area contributed by atoms with Crippen molar-refractivity contribution in [2.75, 3.05) is 0 Å². The zero-order valence-electron chi connectivity index (χ0n) is 32.9. The summed E-state index contributed by atoms with van der Waals surface area (Å²) in [7, 11) is 0. The number of fused-ring (bicyclic) bond motifs is 6. The number of nitrogens with zero attached hydrogens (tertiary/aromatic N) is 2. The molecule has 0 spiro atoms. The highest BCUT2D eigenvalue weighted by atomic mass is 16.6. The van der Waals surface area contributed by atoms with Crippen LogP contribution in [0.25, 0.3) is 12.2 Å². The molecule has 0 aromatic carbocycles. The largest absolute Gasteiger partial charge is 0.457 e. The minimum Gasteiger partial charge on any atom is -0.457 e. The van der Waals surface area contributed by atoms with Gasteiger partial charge in [0.2, 0.25) is 11.8 Å². The lowest BCUT2D eigenvalue weighted by Crippen LogP contribution is -2.42. The van der Waals surface area contributed by atoms with Crippen LogP contribution < -0.4 is 0 Å². The number of cyclic esters (lactones) is 2. The molecule has 2 saturated carbocycles. The number of esters is 2. The summed E-state index contributed by atoms with van der Waals surface area (Å²) in [5.74, 6) is 1.02. The van der Waals surface area contributed by atoms with E-state index in [4.69, 9.17) is 18.3 Å². The summed E-state index contributed by atoms with van der Waals surface area (Å²) in [5.41, 5.74) is -1.46. The van der Waals surface area contributed by atoms with Crippen molar-refractivity contribution >= 4 is 24.1 Å². The molecule has 5 rings (SSSR count). The number of ether oxygens (including phenoxy) is 2. The number of aliphatic hydroxyl groups excluding tert-OH is 2. The monoisotopic (exact) mass is 752 g/mol. The second kappa shape index (κ2) is 18.2. The number of oxazole rings is 2. The predicted molar refractivity (Wildman–Crippen MR) is 212 cm³/mol. The SMILES string of the molecule is C/C=C/[C@H](O)C(C)(C)[C@@H]1C/C=C\[C@H]2C[C@H]2/C=C/C=C\c2nc(co2)C(=O)O[C@H](C(C)(C)[C@@H](O)/C=C/C)C/C=C\[C@H]2[C@@H](C)[C@H]2/C=C/C=C\c2nc(co2)C(=O)O1. The highest BCUT2D eigenvalue weighted by molar-refractivity contribution is 5.87. The summed E-state index contributed by atoms with van der Waals surface area (Å²) >= 11 is 0. The molecule has 4 bridgehead atoms. The minimum atomic E-state index is -0.838. The average molecular weight is 753 g/mol. The number of allylic oxidation sites excluding steroid dienone is 10. The van der Waals surface area contributed by atoms with E-state index in [0.29, 0.717) is 42.4 Å². The van der Waals surface area contributed by atoms with E-state index in [1.54, 1.807) is 36.5 Å².